The van der Waals surface area contributed by atoms with Crippen LogP contribution in [0.5, 0.6) is 5.75 Å². The zero-order valence-electron chi connectivity index (χ0n) is 21.3. The second-order valence-corrected chi connectivity index (χ2v) is 9.15. The van der Waals surface area contributed by atoms with Gasteiger partial charge in [0, 0.05) is 28.9 Å². The van der Waals surface area contributed by atoms with Crippen LogP contribution < -0.4 is 10.5 Å². The van der Waals surface area contributed by atoms with Crippen molar-refractivity contribution < 1.29 is 22.7 Å². The number of rotatable bonds is 5. The van der Waals surface area contributed by atoms with Gasteiger partial charge in [0.15, 0.2) is 5.82 Å². The first-order valence-electron chi connectivity index (χ1n) is 12.0. The quantitative estimate of drug-likeness (QED) is 0.191. The Labute approximate surface area is 234 Å². The predicted octanol–water partition coefficient (Wildman–Crippen LogP) is 5.92. The number of H-pyrrole nitrogens is 1. The summed E-state index contributed by atoms with van der Waals surface area (Å²) < 4.78 is 42.2. The minimum atomic E-state index is -5.09. The van der Waals surface area contributed by atoms with E-state index in [1.54, 1.807) is 36.1 Å². The van der Waals surface area contributed by atoms with Gasteiger partial charge in [-0.2, -0.15) is 18.3 Å². The number of halogens is 3. The van der Waals surface area contributed by atoms with E-state index in [0.29, 0.717) is 39.5 Å². The number of benzene rings is 2. The summed E-state index contributed by atoms with van der Waals surface area (Å²) in [5.41, 5.74) is 10.2. The molecular weight excluding hydrogens is 555 g/mol. The number of nitrogens with two attached hydrogens (primary N) is 1. The Hall–Kier alpha value is -5.01. The summed E-state index contributed by atoms with van der Waals surface area (Å²) in [4.78, 5) is 30.1. The zero-order chi connectivity index (χ0) is 29.0. The predicted molar refractivity (Wildman–Crippen MR) is 149 cm³/mol. The van der Waals surface area contributed by atoms with Crippen LogP contribution in [0.15, 0.2) is 84.6 Å². The zero-order valence-corrected chi connectivity index (χ0v) is 22.1. The van der Waals surface area contributed by atoms with E-state index >= 15 is 0 Å². The van der Waals surface area contributed by atoms with Crippen molar-refractivity contribution >= 4 is 28.2 Å². The molecule has 13 heteroatoms. The molecule has 0 bridgehead atoms. The van der Waals surface area contributed by atoms with Crippen molar-refractivity contribution in [2.45, 2.75) is 6.18 Å². The van der Waals surface area contributed by atoms with Gasteiger partial charge >= 0.3 is 12.1 Å². The molecule has 0 fully saturated rings. The van der Waals surface area contributed by atoms with E-state index in [4.69, 9.17) is 4.98 Å². The monoisotopic (exact) mass is 575 g/mol. The molecule has 0 spiro atoms. The van der Waals surface area contributed by atoms with Crippen molar-refractivity contribution in [3.8, 4) is 50.4 Å². The molecular formula is C28H20F3N7O2S. The largest absolute Gasteiger partial charge is 0.491 e. The first-order chi connectivity index (χ1) is 19.9. The normalized spacial score (nSPS) is 11.1. The summed E-state index contributed by atoms with van der Waals surface area (Å²) in [5, 5.41) is 8.00. The van der Waals surface area contributed by atoms with Gasteiger partial charge in [-0.1, -0.05) is 30.3 Å². The van der Waals surface area contributed by atoms with Gasteiger partial charge < -0.3 is 10.5 Å². The molecule has 0 aliphatic carbocycles. The van der Waals surface area contributed by atoms with E-state index in [9.17, 15) is 18.0 Å². The van der Waals surface area contributed by atoms with Crippen LogP contribution in [0.4, 0.5) is 13.2 Å². The number of hydrogen-bond acceptors (Lipinski definition) is 9. The number of ether oxygens (including phenoxy) is 1. The standard InChI is InChI=1S/C27H15F3N6O2S.CH5N/c28-27(29,30)26(37)38-17-8-6-16(7-9-17)22-18(15-4-2-1-3-5-15)12-19-20(33-22)10-11-32-23(19)25-34-24(35-36-25)21-13-31-14-39-21;1-2/h1-14H,(H,34,35,36);2H2,1H3. The van der Waals surface area contributed by atoms with E-state index in [-0.39, 0.29) is 5.75 Å². The van der Waals surface area contributed by atoms with Gasteiger partial charge in [-0.25, -0.2) is 14.8 Å². The fourth-order valence-electron chi connectivity index (χ4n) is 3.99. The average molecular weight is 576 g/mol. The Morgan fingerprint density at radius 3 is 2.39 bits per heavy atom. The number of esters is 1. The molecule has 2 aromatic carbocycles. The van der Waals surface area contributed by atoms with Crippen LogP contribution in [-0.4, -0.2) is 49.3 Å². The number of nitrogens with one attached hydrogen (secondary N) is 1. The summed E-state index contributed by atoms with van der Waals surface area (Å²) in [6, 6.07) is 18.9. The van der Waals surface area contributed by atoms with Gasteiger partial charge in [-0.05, 0) is 49.0 Å². The minimum Gasteiger partial charge on any atom is -0.420 e. The second-order valence-electron chi connectivity index (χ2n) is 8.26. The van der Waals surface area contributed by atoms with Gasteiger partial charge in [0.2, 0.25) is 5.82 Å². The Morgan fingerprint density at radius 1 is 0.951 bits per heavy atom. The molecule has 0 saturated carbocycles. The van der Waals surface area contributed by atoms with Crippen molar-refractivity contribution in [1.29, 1.82) is 0 Å². The molecule has 6 aromatic rings. The lowest BCUT2D eigenvalue weighted by Gasteiger charge is -2.13. The second kappa shape index (κ2) is 11.6. The van der Waals surface area contributed by atoms with Crippen LogP contribution >= 0.6 is 11.3 Å². The molecule has 0 aliphatic heterocycles. The van der Waals surface area contributed by atoms with Crippen molar-refractivity contribution in [1.82, 2.24) is 30.1 Å². The highest BCUT2D eigenvalue weighted by Gasteiger charge is 2.41. The summed E-state index contributed by atoms with van der Waals surface area (Å²) in [5.74, 6) is -1.54. The number of hydrogen-bond donors (Lipinski definition) is 2. The lowest BCUT2D eigenvalue weighted by Crippen LogP contribution is -2.27. The first-order valence-corrected chi connectivity index (χ1v) is 12.9. The summed E-state index contributed by atoms with van der Waals surface area (Å²) >= 11 is 1.43. The summed E-state index contributed by atoms with van der Waals surface area (Å²) in [6.07, 6.45) is -1.78. The number of alkyl halides is 3. The third-order valence-corrected chi connectivity index (χ3v) is 6.54. The van der Waals surface area contributed by atoms with Crippen molar-refractivity contribution in [3.05, 3.63) is 84.6 Å². The molecule has 0 aliphatic rings. The van der Waals surface area contributed by atoms with Crippen LogP contribution in [0.1, 0.15) is 0 Å². The summed E-state index contributed by atoms with van der Waals surface area (Å²) in [7, 11) is 1.50. The van der Waals surface area contributed by atoms with E-state index in [1.165, 1.54) is 30.5 Å². The maximum absolute atomic E-state index is 12.6. The van der Waals surface area contributed by atoms with Gasteiger partial charge in [0.25, 0.3) is 0 Å². The van der Waals surface area contributed by atoms with Crippen LogP contribution in [0.25, 0.3) is 55.5 Å². The van der Waals surface area contributed by atoms with Crippen molar-refractivity contribution in [3.63, 3.8) is 0 Å². The fraction of sp³-hybridized carbons (Fsp3) is 0.0714. The Bertz CT molecular complexity index is 1790. The maximum Gasteiger partial charge on any atom is 0.491 e. The van der Waals surface area contributed by atoms with Gasteiger partial charge in [-0.3, -0.25) is 15.1 Å². The smallest absolute Gasteiger partial charge is 0.420 e. The number of thiazole rings is 1. The lowest BCUT2D eigenvalue weighted by atomic mass is 9.97. The maximum atomic E-state index is 12.6. The highest BCUT2D eigenvalue weighted by molar-refractivity contribution is 7.13. The van der Waals surface area contributed by atoms with E-state index in [1.807, 2.05) is 36.4 Å². The number of fused-ring (bicyclic) bond motifs is 1. The number of aromatic nitrogens is 6. The molecule has 4 aromatic heterocycles. The topological polar surface area (TPSA) is 133 Å². The molecule has 0 amide bonds. The third kappa shape index (κ3) is 5.81. The Kier molecular flexibility index (Phi) is 7.81. The Morgan fingerprint density at radius 2 is 1.71 bits per heavy atom. The van der Waals surface area contributed by atoms with Crippen LogP contribution in [-0.2, 0) is 4.79 Å². The van der Waals surface area contributed by atoms with Crippen LogP contribution in [0.3, 0.4) is 0 Å². The van der Waals surface area contributed by atoms with E-state index in [2.05, 4.69) is 35.6 Å². The molecule has 6 rings (SSSR count). The highest BCUT2D eigenvalue weighted by atomic mass is 32.1. The molecule has 41 heavy (non-hydrogen) atoms. The number of carbonyl (C=O) groups is 1. The molecule has 4 heterocycles. The van der Waals surface area contributed by atoms with Gasteiger partial charge in [-0.15, -0.1) is 11.3 Å². The van der Waals surface area contributed by atoms with Crippen LogP contribution in [0, 0.1) is 0 Å². The van der Waals surface area contributed by atoms with E-state index < -0.39 is 12.1 Å². The van der Waals surface area contributed by atoms with Crippen molar-refractivity contribution in [2.24, 2.45) is 5.73 Å². The molecule has 9 nitrogen and oxygen atoms in total. The highest BCUT2D eigenvalue weighted by Crippen LogP contribution is 2.36. The molecule has 0 unspecified atom stereocenters. The molecule has 0 saturated heterocycles. The lowest BCUT2D eigenvalue weighted by molar-refractivity contribution is -0.189. The average Bonchev–Trinajstić information content (AvgIpc) is 3.71. The van der Waals surface area contributed by atoms with E-state index in [0.717, 1.165) is 16.0 Å². The Balaban J connectivity index is 0.00000165. The SMILES string of the molecule is CN.O=C(Oc1ccc(-c2nc3ccnc(-c4n[nH]c(-c5cncs5)n4)c3cc2-c2ccccc2)cc1)C(F)(F)F. The third-order valence-electron chi connectivity index (χ3n) is 5.76. The van der Waals surface area contributed by atoms with Crippen LogP contribution in [0.2, 0.25) is 0 Å². The molecule has 3 N–H and O–H groups in total. The minimum absolute atomic E-state index is 0.226. The number of carbonyl (C=O) groups excluding carboxylic acids is 1. The van der Waals surface area contributed by atoms with Crippen molar-refractivity contribution in [2.75, 3.05) is 7.05 Å². The van der Waals surface area contributed by atoms with Gasteiger partial charge in [0.1, 0.15) is 11.4 Å². The summed E-state index contributed by atoms with van der Waals surface area (Å²) in [6.45, 7) is 0. The molecule has 206 valence electrons. The fourth-order valence-corrected chi connectivity index (χ4v) is 4.55. The number of pyridine rings is 2. The number of aromatic amines is 1. The van der Waals surface area contributed by atoms with Gasteiger partial charge in [0.05, 0.1) is 21.6 Å². The molecule has 0 atom stereocenters. The first kappa shape index (κ1) is 27.6. The molecule has 0 radical (unpaired) electrons. The number of nitrogens with zero attached hydrogens (tertiary/aromatic N) is 5.